The molecular weight excluding hydrogens is 1070 g/mol. The molecule has 0 aromatic heterocycles. The number of allylic oxidation sites excluding steroid dienone is 15. The minimum Gasteiger partial charge on any atom is -0.394 e. The Labute approximate surface area is 515 Å². The van der Waals surface area contributed by atoms with Gasteiger partial charge in [0.2, 0.25) is 5.91 Å². The van der Waals surface area contributed by atoms with E-state index in [9.17, 15) is 45.6 Å². The first-order chi connectivity index (χ1) is 41.6. The number of aliphatic hydroxyl groups excluding tert-OH is 8. The maximum absolute atomic E-state index is 13.3. The van der Waals surface area contributed by atoms with Gasteiger partial charge < -0.3 is 65.1 Å². The number of aliphatic hydroxyl groups is 8. The van der Waals surface area contributed by atoms with Gasteiger partial charge in [-0.25, -0.2) is 0 Å². The van der Waals surface area contributed by atoms with Crippen LogP contribution >= 0.6 is 0 Å². The second-order valence-electron chi connectivity index (χ2n) is 23.5. The number of ether oxygens (including phenoxy) is 4. The molecule has 0 aliphatic carbocycles. The van der Waals surface area contributed by atoms with Crippen LogP contribution in [0.5, 0.6) is 0 Å². The second-order valence-corrected chi connectivity index (χ2v) is 23.5. The zero-order valence-corrected chi connectivity index (χ0v) is 53.1. The Balaban J connectivity index is 1.73. The van der Waals surface area contributed by atoms with Crippen molar-refractivity contribution in [2.24, 2.45) is 0 Å². The molecule has 2 rings (SSSR count). The van der Waals surface area contributed by atoms with Crippen molar-refractivity contribution in [3.63, 3.8) is 0 Å². The summed E-state index contributed by atoms with van der Waals surface area (Å²) in [5.74, 6) is -0.259. The van der Waals surface area contributed by atoms with E-state index in [4.69, 9.17) is 18.9 Å². The van der Waals surface area contributed by atoms with E-state index in [2.05, 4.69) is 104 Å². The van der Waals surface area contributed by atoms with Gasteiger partial charge >= 0.3 is 0 Å². The number of carbonyl (C=O) groups excluding carboxylic acids is 1. The van der Waals surface area contributed by atoms with Gasteiger partial charge in [-0.1, -0.05) is 252 Å². The van der Waals surface area contributed by atoms with Crippen LogP contribution in [-0.2, 0) is 23.7 Å². The smallest absolute Gasteiger partial charge is 0.220 e. The maximum atomic E-state index is 13.3. The summed E-state index contributed by atoms with van der Waals surface area (Å²) < 4.78 is 22.8. The molecule has 2 saturated heterocycles. The summed E-state index contributed by atoms with van der Waals surface area (Å²) in [5, 5.41) is 87.4. The first-order valence-corrected chi connectivity index (χ1v) is 34.0. The highest BCUT2D eigenvalue weighted by atomic mass is 16.7. The van der Waals surface area contributed by atoms with E-state index >= 15 is 0 Å². The maximum Gasteiger partial charge on any atom is 0.220 e. The molecule has 0 bridgehead atoms. The SMILES string of the molecule is CC/C=C\C/C=C\C/C=C\C/C=C\C/C=C\CCCCCCCCCCCCCC(=O)NC(COC1OC(CO)C(OC2OC(CO)C(O)C(O)C2O)C(O)C1O)C(O)/C=C/CC/C=C/CC/C=C/CCCCCCCCCCCCCCCC. The van der Waals surface area contributed by atoms with Crippen molar-refractivity contribution in [1.82, 2.24) is 5.32 Å². The Morgan fingerprint density at radius 1 is 0.435 bits per heavy atom. The summed E-state index contributed by atoms with van der Waals surface area (Å²) in [6.07, 6.45) is 60.2. The topological polar surface area (TPSA) is 228 Å². The summed E-state index contributed by atoms with van der Waals surface area (Å²) in [7, 11) is 0. The van der Waals surface area contributed by atoms with Crippen LogP contribution in [0.4, 0.5) is 0 Å². The van der Waals surface area contributed by atoms with Gasteiger partial charge in [0.15, 0.2) is 12.6 Å². The standard InChI is InChI=1S/C71H123NO13/c1-3-5-7-9-11-13-15-17-19-21-23-25-27-29-30-31-33-35-37-39-41-43-45-47-49-51-53-55-63(76)72-59(58-82-70-68(81)66(79)69(62(57-74)84-70)85-71-67(80)65(78)64(77)61(56-73)83-71)60(75)54-52-50-48-46-44-42-40-38-36-34-32-28-26-24-22-20-18-16-14-12-10-8-6-4-2/h5,7,11,13,17,19,23,25,29-30,36,38,44,46,52,54,59-62,64-71,73-75,77-81H,3-4,6,8-10,12,14-16,18,20-22,24,26-28,31-35,37,39-43,45,47-51,53,55-58H2,1-2H3,(H,72,76)/b7-5-,13-11-,19-17-,25-23-,30-29-,38-36+,46-44+,54-52+. The van der Waals surface area contributed by atoms with Crippen LogP contribution in [0.2, 0.25) is 0 Å². The van der Waals surface area contributed by atoms with Gasteiger partial charge in [-0.2, -0.15) is 0 Å². The lowest BCUT2D eigenvalue weighted by Crippen LogP contribution is -2.65. The molecular formula is C71H123NO13. The third kappa shape index (κ3) is 39.5. The Bertz CT molecular complexity index is 1800. The molecule has 12 unspecified atom stereocenters. The first-order valence-electron chi connectivity index (χ1n) is 34.0. The number of unbranched alkanes of at least 4 members (excludes halogenated alkanes) is 27. The van der Waals surface area contributed by atoms with Crippen LogP contribution < -0.4 is 5.32 Å². The molecule has 14 heteroatoms. The van der Waals surface area contributed by atoms with Crippen LogP contribution in [0.3, 0.4) is 0 Å². The highest BCUT2D eigenvalue weighted by molar-refractivity contribution is 5.76. The van der Waals surface area contributed by atoms with Crippen molar-refractivity contribution in [2.45, 2.75) is 325 Å². The quantitative estimate of drug-likeness (QED) is 0.0204. The molecule has 0 aromatic rings. The molecule has 2 aliphatic rings. The largest absolute Gasteiger partial charge is 0.394 e. The summed E-state index contributed by atoms with van der Waals surface area (Å²) in [6, 6.07) is -0.947. The van der Waals surface area contributed by atoms with Crippen molar-refractivity contribution in [2.75, 3.05) is 19.8 Å². The molecule has 490 valence electrons. The minimum atomic E-state index is -1.80. The molecule has 0 spiro atoms. The van der Waals surface area contributed by atoms with Crippen molar-refractivity contribution in [3.8, 4) is 0 Å². The van der Waals surface area contributed by atoms with Crippen molar-refractivity contribution >= 4 is 5.91 Å². The lowest BCUT2D eigenvalue weighted by molar-refractivity contribution is -0.359. The Kier molecular flexibility index (Phi) is 50.5. The molecule has 12 atom stereocenters. The van der Waals surface area contributed by atoms with Gasteiger partial charge in [-0.05, 0) is 89.9 Å². The van der Waals surface area contributed by atoms with Gasteiger partial charge in [-0.15, -0.1) is 0 Å². The average Bonchev–Trinajstić information content (AvgIpc) is 3.68. The predicted octanol–water partition coefficient (Wildman–Crippen LogP) is 13.4. The lowest BCUT2D eigenvalue weighted by atomic mass is 9.97. The molecule has 2 aliphatic heterocycles. The average molecular weight is 1200 g/mol. The summed E-state index contributed by atoms with van der Waals surface area (Å²) in [5.41, 5.74) is 0. The zero-order valence-electron chi connectivity index (χ0n) is 53.1. The van der Waals surface area contributed by atoms with E-state index in [0.29, 0.717) is 12.8 Å². The fraction of sp³-hybridized carbons (Fsp3) is 0.761. The molecule has 0 aromatic carbocycles. The van der Waals surface area contributed by atoms with E-state index in [1.807, 2.05) is 6.08 Å². The predicted molar refractivity (Wildman–Crippen MR) is 346 cm³/mol. The molecule has 0 saturated carbocycles. The van der Waals surface area contributed by atoms with Crippen LogP contribution in [0.15, 0.2) is 97.2 Å². The van der Waals surface area contributed by atoms with E-state index in [0.717, 1.165) is 83.5 Å². The fourth-order valence-electron chi connectivity index (χ4n) is 10.6. The van der Waals surface area contributed by atoms with Crippen molar-refractivity contribution in [3.05, 3.63) is 97.2 Å². The van der Waals surface area contributed by atoms with E-state index in [1.165, 1.54) is 135 Å². The Morgan fingerprint density at radius 2 is 0.824 bits per heavy atom. The molecule has 9 N–H and O–H groups in total. The first kappa shape index (κ1) is 78.0. The Morgan fingerprint density at radius 3 is 1.29 bits per heavy atom. The third-order valence-electron chi connectivity index (χ3n) is 16.0. The van der Waals surface area contributed by atoms with Crippen LogP contribution in [0.1, 0.15) is 251 Å². The van der Waals surface area contributed by atoms with E-state index < -0.39 is 86.8 Å². The summed E-state index contributed by atoms with van der Waals surface area (Å²) in [4.78, 5) is 13.3. The summed E-state index contributed by atoms with van der Waals surface area (Å²) >= 11 is 0. The van der Waals surface area contributed by atoms with Crippen LogP contribution in [0.25, 0.3) is 0 Å². The number of rotatable bonds is 54. The van der Waals surface area contributed by atoms with Gasteiger partial charge in [0.05, 0.1) is 32.0 Å². The number of nitrogens with one attached hydrogen (secondary N) is 1. The highest BCUT2D eigenvalue weighted by Gasteiger charge is 2.51. The molecule has 1 amide bonds. The minimum absolute atomic E-state index is 0.259. The van der Waals surface area contributed by atoms with Crippen molar-refractivity contribution < 1.29 is 64.6 Å². The Hall–Kier alpha value is -3.09. The van der Waals surface area contributed by atoms with Gasteiger partial charge in [0.25, 0.3) is 0 Å². The lowest BCUT2D eigenvalue weighted by Gasteiger charge is -2.46. The number of hydrogen-bond donors (Lipinski definition) is 9. The molecule has 2 fully saturated rings. The second kappa shape index (κ2) is 55.0. The van der Waals surface area contributed by atoms with E-state index in [1.54, 1.807) is 6.08 Å². The molecule has 0 radical (unpaired) electrons. The van der Waals surface area contributed by atoms with Gasteiger partial charge in [0, 0.05) is 6.42 Å². The van der Waals surface area contributed by atoms with Gasteiger partial charge in [0.1, 0.15) is 48.8 Å². The fourth-order valence-corrected chi connectivity index (χ4v) is 10.6. The number of carbonyl (C=O) groups is 1. The number of amides is 1. The molecule has 2 heterocycles. The van der Waals surface area contributed by atoms with Crippen molar-refractivity contribution in [1.29, 1.82) is 0 Å². The molecule has 14 nitrogen and oxygen atoms in total. The summed E-state index contributed by atoms with van der Waals surface area (Å²) in [6.45, 7) is 2.67. The van der Waals surface area contributed by atoms with E-state index in [-0.39, 0.29) is 18.9 Å². The van der Waals surface area contributed by atoms with Crippen LogP contribution in [-0.4, -0.2) is 140 Å². The molecule has 85 heavy (non-hydrogen) atoms. The third-order valence-corrected chi connectivity index (χ3v) is 16.0. The van der Waals surface area contributed by atoms with Crippen LogP contribution in [0, 0.1) is 0 Å². The number of hydrogen-bond acceptors (Lipinski definition) is 13. The highest BCUT2D eigenvalue weighted by Crippen LogP contribution is 2.30. The zero-order chi connectivity index (χ0) is 61.6. The monoisotopic (exact) mass is 1200 g/mol. The normalized spacial score (nSPS) is 24.2. The van der Waals surface area contributed by atoms with Gasteiger partial charge in [-0.3, -0.25) is 4.79 Å².